The van der Waals surface area contributed by atoms with E-state index in [1.165, 1.54) is 0 Å². The van der Waals surface area contributed by atoms with Crippen molar-refractivity contribution in [2.45, 2.75) is 12.8 Å². The van der Waals surface area contributed by atoms with Gasteiger partial charge in [-0.25, -0.2) is 0 Å². The number of nitrogens with zero attached hydrogens (tertiary/aromatic N) is 1. The molecule has 0 aliphatic heterocycles. The summed E-state index contributed by atoms with van der Waals surface area (Å²) in [4.78, 5) is 4.14. The summed E-state index contributed by atoms with van der Waals surface area (Å²) in [5, 5.41) is 0. The summed E-state index contributed by atoms with van der Waals surface area (Å²) < 4.78 is 0. The number of hydrogen-bond acceptors (Lipinski definition) is 1. The van der Waals surface area contributed by atoms with Crippen molar-refractivity contribution < 1.29 is 0 Å². The van der Waals surface area contributed by atoms with E-state index < -0.39 is 0 Å². The van der Waals surface area contributed by atoms with Crippen LogP contribution in [-0.2, 0) is 0 Å². The predicted octanol–water partition coefficient (Wildman–Crippen LogP) is 2.51. The van der Waals surface area contributed by atoms with Gasteiger partial charge < -0.3 is 0 Å². The maximum absolute atomic E-state index is 5.11. The van der Waals surface area contributed by atoms with E-state index in [1.807, 2.05) is 30.4 Å². The van der Waals surface area contributed by atoms with Gasteiger partial charge >= 0.3 is 0 Å². The van der Waals surface area contributed by atoms with Crippen LogP contribution in [0.25, 0.3) is 6.08 Å². The molecule has 0 spiro atoms. The van der Waals surface area contributed by atoms with Crippen LogP contribution >= 0.6 is 0 Å². The molecular weight excluding hydrogens is 146 g/mol. The molecule has 0 bridgehead atoms. The lowest BCUT2D eigenvalue weighted by Crippen LogP contribution is -1.75. The number of rotatable bonds is 3. The number of terminal acetylenes is 1. The maximum atomic E-state index is 5.11. The molecule has 1 heterocycles. The lowest BCUT2D eigenvalue weighted by molar-refractivity contribution is 1.09. The maximum Gasteiger partial charge on any atom is 0.0626 e. The Morgan fingerprint density at radius 1 is 1.50 bits per heavy atom. The van der Waals surface area contributed by atoms with Crippen molar-refractivity contribution >= 4 is 6.08 Å². The summed E-state index contributed by atoms with van der Waals surface area (Å²) in [6.07, 6.45) is 12.6. The highest BCUT2D eigenvalue weighted by molar-refractivity contribution is 5.43. The highest BCUT2D eigenvalue weighted by Gasteiger charge is 1.82. The molecule has 0 saturated carbocycles. The van der Waals surface area contributed by atoms with Crippen molar-refractivity contribution in [2.24, 2.45) is 0 Å². The number of allylic oxidation sites excluding steroid dienone is 1. The van der Waals surface area contributed by atoms with E-state index in [9.17, 15) is 0 Å². The second kappa shape index (κ2) is 5.15. The fourth-order valence-electron chi connectivity index (χ4n) is 0.845. The van der Waals surface area contributed by atoms with Crippen LogP contribution in [0.5, 0.6) is 0 Å². The van der Waals surface area contributed by atoms with E-state index in [0.29, 0.717) is 0 Å². The Balaban J connectivity index is 2.43. The Hall–Kier alpha value is -1.55. The SMILES string of the molecule is C#CCCC=Cc1ccccn1. The molecule has 1 heteroatoms. The quantitative estimate of drug-likeness (QED) is 0.485. The molecule has 1 rings (SSSR count). The van der Waals surface area contributed by atoms with Crippen molar-refractivity contribution in [3.05, 3.63) is 36.2 Å². The molecule has 0 aromatic carbocycles. The van der Waals surface area contributed by atoms with Crippen molar-refractivity contribution in [2.75, 3.05) is 0 Å². The zero-order valence-electron chi connectivity index (χ0n) is 6.90. The van der Waals surface area contributed by atoms with Crippen LogP contribution in [0.4, 0.5) is 0 Å². The summed E-state index contributed by atoms with van der Waals surface area (Å²) in [5.41, 5.74) is 0.981. The molecule has 0 amide bonds. The zero-order valence-corrected chi connectivity index (χ0v) is 6.90. The van der Waals surface area contributed by atoms with Gasteiger partial charge in [0.15, 0.2) is 0 Å². The first kappa shape index (κ1) is 8.55. The van der Waals surface area contributed by atoms with Gasteiger partial charge in [-0.05, 0) is 24.6 Å². The van der Waals surface area contributed by atoms with Crippen molar-refractivity contribution in [1.29, 1.82) is 0 Å². The third-order valence-electron chi connectivity index (χ3n) is 1.43. The van der Waals surface area contributed by atoms with Crippen molar-refractivity contribution in [1.82, 2.24) is 4.98 Å². The Morgan fingerprint density at radius 2 is 2.42 bits per heavy atom. The van der Waals surface area contributed by atoms with Gasteiger partial charge in [0.25, 0.3) is 0 Å². The molecule has 1 aromatic heterocycles. The molecule has 0 aliphatic rings. The van der Waals surface area contributed by atoms with E-state index in [0.717, 1.165) is 18.5 Å². The van der Waals surface area contributed by atoms with Gasteiger partial charge in [0.1, 0.15) is 0 Å². The minimum Gasteiger partial charge on any atom is -0.257 e. The lowest BCUT2D eigenvalue weighted by Gasteiger charge is -1.88. The molecule has 0 aliphatic carbocycles. The second-order valence-electron chi connectivity index (χ2n) is 2.40. The van der Waals surface area contributed by atoms with E-state index in [4.69, 9.17) is 6.42 Å². The minimum atomic E-state index is 0.795. The molecule has 0 radical (unpaired) electrons. The third-order valence-corrected chi connectivity index (χ3v) is 1.43. The van der Waals surface area contributed by atoms with Crippen LogP contribution in [0.15, 0.2) is 30.5 Å². The smallest absolute Gasteiger partial charge is 0.0626 e. The van der Waals surface area contributed by atoms with Gasteiger partial charge in [0, 0.05) is 12.6 Å². The monoisotopic (exact) mass is 157 g/mol. The average Bonchev–Trinajstić information content (AvgIpc) is 2.14. The van der Waals surface area contributed by atoms with E-state index in [1.54, 1.807) is 6.20 Å². The summed E-state index contributed by atoms with van der Waals surface area (Å²) in [7, 11) is 0. The van der Waals surface area contributed by atoms with Crippen LogP contribution in [0.1, 0.15) is 18.5 Å². The predicted molar refractivity (Wildman–Crippen MR) is 51.3 cm³/mol. The highest BCUT2D eigenvalue weighted by Crippen LogP contribution is 1.98. The number of pyridine rings is 1. The molecule has 0 fully saturated rings. The number of hydrogen-bond donors (Lipinski definition) is 0. The molecule has 1 aromatic rings. The standard InChI is InChI=1S/C11H11N/c1-2-3-4-5-8-11-9-6-7-10-12-11/h1,5-10H,3-4H2. The fourth-order valence-corrected chi connectivity index (χ4v) is 0.845. The normalized spacial score (nSPS) is 9.92. The van der Waals surface area contributed by atoms with Gasteiger partial charge in [0.2, 0.25) is 0 Å². The highest BCUT2D eigenvalue weighted by atomic mass is 14.6. The van der Waals surface area contributed by atoms with Crippen LogP contribution in [0.2, 0.25) is 0 Å². The Bertz CT molecular complexity index is 280. The largest absolute Gasteiger partial charge is 0.257 e. The first-order valence-electron chi connectivity index (χ1n) is 3.94. The van der Waals surface area contributed by atoms with E-state index in [2.05, 4.69) is 10.9 Å². The van der Waals surface area contributed by atoms with Gasteiger partial charge in [-0.15, -0.1) is 12.3 Å². The second-order valence-corrected chi connectivity index (χ2v) is 2.40. The molecule has 1 nitrogen and oxygen atoms in total. The lowest BCUT2D eigenvalue weighted by atomic mass is 10.2. The van der Waals surface area contributed by atoms with E-state index >= 15 is 0 Å². The zero-order chi connectivity index (χ0) is 8.65. The van der Waals surface area contributed by atoms with Gasteiger partial charge in [0.05, 0.1) is 5.69 Å². The topological polar surface area (TPSA) is 12.9 Å². The Morgan fingerprint density at radius 3 is 3.08 bits per heavy atom. The van der Waals surface area contributed by atoms with Crippen LogP contribution in [0, 0.1) is 12.3 Å². The number of unbranched alkanes of at least 4 members (excludes halogenated alkanes) is 1. The summed E-state index contributed by atoms with van der Waals surface area (Å²) in [6, 6.07) is 5.83. The van der Waals surface area contributed by atoms with Crippen molar-refractivity contribution in [3.8, 4) is 12.3 Å². The summed E-state index contributed by atoms with van der Waals surface area (Å²) in [5.74, 6) is 2.58. The minimum absolute atomic E-state index is 0.795. The van der Waals surface area contributed by atoms with Crippen LogP contribution in [-0.4, -0.2) is 4.98 Å². The third kappa shape index (κ3) is 3.03. The molecule has 12 heavy (non-hydrogen) atoms. The first-order chi connectivity index (χ1) is 5.93. The van der Waals surface area contributed by atoms with Crippen LogP contribution in [0.3, 0.4) is 0 Å². The molecule has 0 N–H and O–H groups in total. The molecule has 60 valence electrons. The first-order valence-corrected chi connectivity index (χ1v) is 3.94. The molecule has 0 saturated heterocycles. The average molecular weight is 157 g/mol. The summed E-state index contributed by atoms with van der Waals surface area (Å²) >= 11 is 0. The van der Waals surface area contributed by atoms with E-state index in [-0.39, 0.29) is 0 Å². The Kier molecular flexibility index (Phi) is 3.67. The van der Waals surface area contributed by atoms with Gasteiger partial charge in [-0.3, -0.25) is 4.98 Å². The van der Waals surface area contributed by atoms with Crippen LogP contribution < -0.4 is 0 Å². The van der Waals surface area contributed by atoms with Crippen molar-refractivity contribution in [3.63, 3.8) is 0 Å². The molecule has 0 atom stereocenters. The molecule has 0 unspecified atom stereocenters. The Labute approximate surface area is 73.2 Å². The number of aromatic nitrogens is 1. The summed E-state index contributed by atoms with van der Waals surface area (Å²) in [6.45, 7) is 0. The van der Waals surface area contributed by atoms with Gasteiger partial charge in [-0.1, -0.05) is 12.1 Å². The molecular formula is C11H11N. The van der Waals surface area contributed by atoms with Gasteiger partial charge in [-0.2, -0.15) is 0 Å². The fraction of sp³-hybridized carbons (Fsp3) is 0.182.